The van der Waals surface area contributed by atoms with Gasteiger partial charge in [-0.15, -0.1) is 0 Å². The summed E-state index contributed by atoms with van der Waals surface area (Å²) in [6.07, 6.45) is -4.51. The quantitative estimate of drug-likeness (QED) is 0.728. The van der Waals surface area contributed by atoms with E-state index in [-0.39, 0.29) is 5.75 Å². The van der Waals surface area contributed by atoms with Gasteiger partial charge in [0.2, 0.25) is 0 Å². The Bertz CT molecular complexity index is 821. The largest absolute Gasteiger partial charge is 0.482 e. The highest BCUT2D eigenvalue weighted by molar-refractivity contribution is 5.93. The molecular formula is C19H19F3N2O4. The van der Waals surface area contributed by atoms with Crippen molar-refractivity contribution < 1.29 is 32.2 Å². The zero-order chi connectivity index (χ0) is 20.7. The fraction of sp³-hybridized carbons (Fsp3) is 0.263. The summed E-state index contributed by atoms with van der Waals surface area (Å²) in [5.74, 6) is -1.56. The molecule has 0 aromatic heterocycles. The molecule has 0 atom stereocenters. The second kappa shape index (κ2) is 9.12. The molecule has 1 amide bonds. The SMILES string of the molecule is CN(C)c1ccc(NC(=O)COC(=O)COc2cccc(C(F)(F)F)c2)cc1. The highest BCUT2D eigenvalue weighted by Crippen LogP contribution is 2.31. The summed E-state index contributed by atoms with van der Waals surface area (Å²) in [5.41, 5.74) is 0.598. The number of esters is 1. The number of alkyl halides is 3. The maximum Gasteiger partial charge on any atom is 0.416 e. The average Bonchev–Trinajstić information content (AvgIpc) is 2.64. The molecule has 6 nitrogen and oxygen atoms in total. The number of nitrogens with zero attached hydrogens (tertiary/aromatic N) is 1. The third-order valence-electron chi connectivity index (χ3n) is 3.55. The van der Waals surface area contributed by atoms with E-state index in [2.05, 4.69) is 5.32 Å². The number of rotatable bonds is 7. The van der Waals surface area contributed by atoms with Crippen LogP contribution in [0, 0.1) is 0 Å². The Kier molecular flexibility index (Phi) is 6.86. The molecule has 2 aromatic carbocycles. The number of nitrogens with one attached hydrogen (secondary N) is 1. The fourth-order valence-corrected chi connectivity index (χ4v) is 2.13. The lowest BCUT2D eigenvalue weighted by Gasteiger charge is -2.13. The van der Waals surface area contributed by atoms with Crippen molar-refractivity contribution in [3.8, 4) is 5.75 Å². The third kappa shape index (κ3) is 6.49. The normalized spacial score (nSPS) is 10.9. The lowest BCUT2D eigenvalue weighted by atomic mass is 10.2. The van der Waals surface area contributed by atoms with Crippen molar-refractivity contribution in [3.63, 3.8) is 0 Å². The molecule has 1 N–H and O–H groups in total. The summed E-state index contributed by atoms with van der Waals surface area (Å²) < 4.78 is 47.6. The Balaban J connectivity index is 1.77. The lowest BCUT2D eigenvalue weighted by Crippen LogP contribution is -2.23. The van der Waals surface area contributed by atoms with E-state index in [0.29, 0.717) is 5.69 Å². The number of benzene rings is 2. The molecule has 2 aromatic rings. The first kappa shape index (κ1) is 21.1. The summed E-state index contributed by atoms with van der Waals surface area (Å²) in [7, 11) is 3.77. The molecule has 0 bridgehead atoms. The number of halogens is 3. The Morgan fingerprint density at radius 2 is 1.71 bits per heavy atom. The van der Waals surface area contributed by atoms with Gasteiger partial charge in [-0.3, -0.25) is 4.79 Å². The van der Waals surface area contributed by atoms with Crippen LogP contribution in [-0.4, -0.2) is 39.2 Å². The van der Waals surface area contributed by atoms with Gasteiger partial charge in [-0.25, -0.2) is 4.79 Å². The highest BCUT2D eigenvalue weighted by Gasteiger charge is 2.30. The Hall–Kier alpha value is -3.23. The maximum atomic E-state index is 12.6. The molecular weight excluding hydrogens is 377 g/mol. The number of amides is 1. The van der Waals surface area contributed by atoms with Gasteiger partial charge in [-0.2, -0.15) is 13.2 Å². The van der Waals surface area contributed by atoms with Crippen molar-refractivity contribution in [1.82, 2.24) is 0 Å². The van der Waals surface area contributed by atoms with Crippen LogP contribution in [0.25, 0.3) is 0 Å². The molecule has 0 unspecified atom stereocenters. The van der Waals surface area contributed by atoms with Crippen LogP contribution >= 0.6 is 0 Å². The first-order valence-electron chi connectivity index (χ1n) is 8.18. The van der Waals surface area contributed by atoms with Gasteiger partial charge in [0.1, 0.15) is 5.75 Å². The molecule has 0 saturated carbocycles. The average molecular weight is 396 g/mol. The molecule has 9 heteroatoms. The van der Waals surface area contributed by atoms with Gasteiger partial charge in [0.15, 0.2) is 13.2 Å². The number of carbonyl (C=O) groups is 2. The highest BCUT2D eigenvalue weighted by atomic mass is 19.4. The molecule has 0 saturated heterocycles. The first-order chi connectivity index (χ1) is 13.1. The van der Waals surface area contributed by atoms with Gasteiger partial charge in [-0.05, 0) is 42.5 Å². The van der Waals surface area contributed by atoms with E-state index < -0.39 is 36.8 Å². The lowest BCUT2D eigenvalue weighted by molar-refractivity contribution is -0.149. The smallest absolute Gasteiger partial charge is 0.416 e. The summed E-state index contributed by atoms with van der Waals surface area (Å²) in [5, 5.41) is 2.56. The number of hydrogen-bond acceptors (Lipinski definition) is 5. The van der Waals surface area contributed by atoms with Crippen LogP contribution < -0.4 is 15.0 Å². The number of hydrogen-bond donors (Lipinski definition) is 1. The van der Waals surface area contributed by atoms with E-state index in [4.69, 9.17) is 9.47 Å². The van der Waals surface area contributed by atoms with Gasteiger partial charge in [0.05, 0.1) is 5.56 Å². The van der Waals surface area contributed by atoms with E-state index >= 15 is 0 Å². The molecule has 0 heterocycles. The molecule has 0 aliphatic heterocycles. The molecule has 0 aliphatic rings. The van der Waals surface area contributed by atoms with Crippen LogP contribution in [-0.2, 0) is 20.5 Å². The van der Waals surface area contributed by atoms with E-state index in [1.54, 1.807) is 12.1 Å². The van der Waals surface area contributed by atoms with E-state index in [1.807, 2.05) is 31.1 Å². The summed E-state index contributed by atoms with van der Waals surface area (Å²) >= 11 is 0. The standard InChI is InChI=1S/C19H19F3N2O4/c1-24(2)15-8-6-14(7-9-15)23-17(25)11-28-18(26)12-27-16-5-3-4-13(10-16)19(20,21)22/h3-10H,11-12H2,1-2H3,(H,23,25). The zero-order valence-electron chi connectivity index (χ0n) is 15.2. The predicted octanol–water partition coefficient (Wildman–Crippen LogP) is 3.33. The van der Waals surface area contributed by atoms with Gasteiger partial charge >= 0.3 is 12.1 Å². The van der Waals surface area contributed by atoms with Crippen LogP contribution in [0.3, 0.4) is 0 Å². The van der Waals surface area contributed by atoms with Crippen molar-refractivity contribution in [3.05, 3.63) is 54.1 Å². The summed E-state index contributed by atoms with van der Waals surface area (Å²) in [4.78, 5) is 25.3. The minimum atomic E-state index is -4.51. The Labute approximate surface area is 159 Å². The minimum Gasteiger partial charge on any atom is -0.482 e. The van der Waals surface area contributed by atoms with Crippen LogP contribution in [0.5, 0.6) is 5.75 Å². The molecule has 0 radical (unpaired) electrons. The van der Waals surface area contributed by atoms with Gasteiger partial charge in [0.25, 0.3) is 5.91 Å². The minimum absolute atomic E-state index is 0.128. The molecule has 0 fully saturated rings. The summed E-state index contributed by atoms with van der Waals surface area (Å²) in [6.45, 7) is -1.16. The van der Waals surface area contributed by atoms with E-state index in [0.717, 1.165) is 17.8 Å². The predicted molar refractivity (Wildman–Crippen MR) is 97.3 cm³/mol. The van der Waals surface area contributed by atoms with Crippen LogP contribution in [0.4, 0.5) is 24.5 Å². The number of ether oxygens (including phenoxy) is 2. The molecule has 0 spiro atoms. The van der Waals surface area contributed by atoms with Crippen molar-refractivity contribution in [2.24, 2.45) is 0 Å². The van der Waals surface area contributed by atoms with E-state index in [9.17, 15) is 22.8 Å². The molecule has 28 heavy (non-hydrogen) atoms. The second-order valence-corrected chi connectivity index (χ2v) is 5.96. The van der Waals surface area contributed by atoms with Crippen LogP contribution in [0.15, 0.2) is 48.5 Å². The van der Waals surface area contributed by atoms with Crippen molar-refractivity contribution in [1.29, 1.82) is 0 Å². The fourth-order valence-electron chi connectivity index (χ4n) is 2.13. The van der Waals surface area contributed by atoms with Gasteiger partial charge in [0, 0.05) is 25.5 Å². The zero-order valence-corrected chi connectivity index (χ0v) is 15.2. The van der Waals surface area contributed by atoms with E-state index in [1.165, 1.54) is 12.1 Å². The van der Waals surface area contributed by atoms with Gasteiger partial charge in [-0.1, -0.05) is 6.07 Å². The maximum absolute atomic E-state index is 12.6. The van der Waals surface area contributed by atoms with Crippen molar-refractivity contribution >= 4 is 23.3 Å². The van der Waals surface area contributed by atoms with Crippen molar-refractivity contribution in [2.75, 3.05) is 37.5 Å². The van der Waals surface area contributed by atoms with Crippen LogP contribution in [0.1, 0.15) is 5.56 Å². The topological polar surface area (TPSA) is 67.9 Å². The Morgan fingerprint density at radius 1 is 1.04 bits per heavy atom. The van der Waals surface area contributed by atoms with Crippen LogP contribution in [0.2, 0.25) is 0 Å². The molecule has 0 aliphatic carbocycles. The summed E-state index contributed by atoms with van der Waals surface area (Å²) in [6, 6.07) is 11.1. The first-order valence-corrected chi connectivity index (χ1v) is 8.18. The number of carbonyl (C=O) groups excluding carboxylic acids is 2. The molecule has 150 valence electrons. The number of anilines is 2. The Morgan fingerprint density at radius 3 is 2.32 bits per heavy atom. The second-order valence-electron chi connectivity index (χ2n) is 5.96. The van der Waals surface area contributed by atoms with Gasteiger partial charge < -0.3 is 19.7 Å². The molecule has 2 rings (SSSR count). The van der Waals surface area contributed by atoms with Crippen molar-refractivity contribution in [2.45, 2.75) is 6.18 Å². The third-order valence-corrected chi connectivity index (χ3v) is 3.55. The monoisotopic (exact) mass is 396 g/mol.